The van der Waals surface area contributed by atoms with Crippen molar-refractivity contribution in [2.24, 2.45) is 0 Å². The Hall–Kier alpha value is -1.82. The summed E-state index contributed by atoms with van der Waals surface area (Å²) in [4.78, 5) is 38.0. The maximum atomic E-state index is 12.8. The lowest BCUT2D eigenvalue weighted by atomic mass is 10.1. The van der Waals surface area contributed by atoms with Gasteiger partial charge in [0.05, 0.1) is 18.6 Å². The molecule has 0 aliphatic heterocycles. The number of nitrogens with zero attached hydrogens (tertiary/aromatic N) is 1. The third-order valence-corrected chi connectivity index (χ3v) is 5.28. The van der Waals surface area contributed by atoms with Crippen LogP contribution in [0.2, 0.25) is 0 Å². The fourth-order valence-corrected chi connectivity index (χ4v) is 3.61. The Labute approximate surface area is 166 Å². The number of thioether (sulfide) groups is 1. The van der Waals surface area contributed by atoms with Gasteiger partial charge in [-0.05, 0) is 31.4 Å². The van der Waals surface area contributed by atoms with Crippen LogP contribution in [0.1, 0.15) is 56.6 Å². The van der Waals surface area contributed by atoms with Crippen molar-refractivity contribution in [1.82, 2.24) is 0 Å². The number of unbranched alkanes of at least 4 members (excludes halogenated alkanes) is 4. The third-order valence-electron chi connectivity index (χ3n) is 4.37. The average molecular weight is 394 g/mol. The molecule has 0 atom stereocenters. The molecule has 0 saturated carbocycles. The molecule has 0 aliphatic carbocycles. The summed E-state index contributed by atoms with van der Waals surface area (Å²) >= 11 is 1.04. The van der Waals surface area contributed by atoms with E-state index in [1.165, 1.54) is 24.9 Å². The van der Waals surface area contributed by atoms with Crippen molar-refractivity contribution >= 4 is 34.4 Å². The molecule has 1 rings (SSSR count). The molecular weight excluding hydrogens is 362 g/mol. The lowest BCUT2D eigenvalue weighted by Crippen LogP contribution is -2.38. The molecule has 0 fully saturated rings. The number of methoxy groups -OCH3 is 1. The molecule has 0 bridgehead atoms. The number of amides is 1. The van der Waals surface area contributed by atoms with Gasteiger partial charge in [-0.2, -0.15) is 0 Å². The Morgan fingerprint density at radius 3 is 2.26 bits per heavy atom. The maximum absolute atomic E-state index is 12.8. The highest BCUT2D eigenvalue weighted by molar-refractivity contribution is 8.14. The van der Waals surface area contributed by atoms with E-state index in [1.54, 1.807) is 0 Å². The van der Waals surface area contributed by atoms with Gasteiger partial charge in [0.1, 0.15) is 6.54 Å². The Kier molecular flexibility index (Phi) is 10.8. The smallest absolute Gasteiger partial charge is 0.325 e. The highest BCUT2D eigenvalue weighted by atomic mass is 32.2. The highest BCUT2D eigenvalue weighted by Gasteiger charge is 2.23. The maximum Gasteiger partial charge on any atom is 0.325 e. The summed E-state index contributed by atoms with van der Waals surface area (Å²) in [5.74, 6) is -0.723. The molecule has 0 radical (unpaired) electrons. The second kappa shape index (κ2) is 12.5. The first kappa shape index (κ1) is 23.2. The van der Waals surface area contributed by atoms with Crippen molar-refractivity contribution in [3.8, 4) is 0 Å². The molecule has 27 heavy (non-hydrogen) atoms. The molecule has 0 aliphatic rings. The summed E-state index contributed by atoms with van der Waals surface area (Å²) in [6, 6.07) is 5.70. The van der Waals surface area contributed by atoms with E-state index in [1.807, 2.05) is 32.0 Å². The number of carbonyl (C=O) groups excluding carboxylic acids is 3. The summed E-state index contributed by atoms with van der Waals surface area (Å²) in [6.07, 6.45) is 5.91. The first-order valence-corrected chi connectivity index (χ1v) is 10.5. The van der Waals surface area contributed by atoms with Crippen molar-refractivity contribution in [3.63, 3.8) is 0 Å². The van der Waals surface area contributed by atoms with Crippen LogP contribution < -0.4 is 4.90 Å². The predicted octanol–water partition coefficient (Wildman–Crippen LogP) is 4.43. The summed E-state index contributed by atoms with van der Waals surface area (Å²) in [7, 11) is 1.30. The van der Waals surface area contributed by atoms with Gasteiger partial charge in [-0.25, -0.2) is 0 Å². The number of anilines is 1. The number of benzene rings is 1. The lowest BCUT2D eigenvalue weighted by Gasteiger charge is -2.25. The third kappa shape index (κ3) is 8.16. The van der Waals surface area contributed by atoms with Crippen molar-refractivity contribution in [3.05, 3.63) is 29.3 Å². The van der Waals surface area contributed by atoms with Crippen molar-refractivity contribution in [2.45, 2.75) is 59.3 Å². The van der Waals surface area contributed by atoms with E-state index in [0.29, 0.717) is 12.1 Å². The number of para-hydroxylation sites is 1. The van der Waals surface area contributed by atoms with E-state index in [4.69, 9.17) is 4.74 Å². The molecule has 1 aromatic carbocycles. The van der Waals surface area contributed by atoms with Gasteiger partial charge in [0.25, 0.3) is 0 Å². The zero-order valence-corrected chi connectivity index (χ0v) is 17.7. The van der Waals surface area contributed by atoms with Crippen molar-refractivity contribution in [2.75, 3.05) is 24.3 Å². The molecule has 0 spiro atoms. The number of ether oxygens (including phenoxy) is 1. The van der Waals surface area contributed by atoms with Crippen LogP contribution in [0.5, 0.6) is 0 Å². The molecule has 150 valence electrons. The number of hydrogen-bond acceptors (Lipinski definition) is 5. The minimum absolute atomic E-state index is 0.0264. The molecule has 0 saturated heterocycles. The van der Waals surface area contributed by atoms with Crippen molar-refractivity contribution < 1.29 is 19.1 Å². The predicted molar refractivity (Wildman–Crippen MR) is 111 cm³/mol. The Balaban J connectivity index is 2.69. The minimum Gasteiger partial charge on any atom is -0.468 e. The van der Waals surface area contributed by atoms with Gasteiger partial charge < -0.3 is 4.74 Å². The van der Waals surface area contributed by atoms with Gasteiger partial charge in [0.15, 0.2) is 5.12 Å². The first-order chi connectivity index (χ1) is 12.9. The van der Waals surface area contributed by atoms with Crippen LogP contribution in [0.25, 0.3) is 0 Å². The van der Waals surface area contributed by atoms with E-state index < -0.39 is 5.97 Å². The second-order valence-corrected chi connectivity index (χ2v) is 7.65. The van der Waals surface area contributed by atoms with Crippen LogP contribution in [-0.2, 0) is 19.1 Å². The van der Waals surface area contributed by atoms with E-state index >= 15 is 0 Å². The summed E-state index contributed by atoms with van der Waals surface area (Å²) in [6.45, 7) is 5.79. The summed E-state index contributed by atoms with van der Waals surface area (Å²) in [5, 5.41) is 0.0272. The molecule has 1 amide bonds. The van der Waals surface area contributed by atoms with Crippen LogP contribution in [0.15, 0.2) is 18.2 Å². The molecule has 6 heteroatoms. The van der Waals surface area contributed by atoms with Crippen LogP contribution >= 0.6 is 11.8 Å². The van der Waals surface area contributed by atoms with Gasteiger partial charge in [0, 0.05) is 6.42 Å². The summed E-state index contributed by atoms with van der Waals surface area (Å²) < 4.78 is 4.74. The number of rotatable bonds is 11. The molecule has 0 unspecified atom stereocenters. The zero-order valence-electron chi connectivity index (χ0n) is 16.9. The van der Waals surface area contributed by atoms with Gasteiger partial charge in [-0.3, -0.25) is 19.3 Å². The second-order valence-electron chi connectivity index (χ2n) is 6.62. The van der Waals surface area contributed by atoms with Gasteiger partial charge >= 0.3 is 5.97 Å². The normalized spacial score (nSPS) is 10.5. The topological polar surface area (TPSA) is 63.7 Å². The van der Waals surface area contributed by atoms with E-state index in [9.17, 15) is 14.4 Å². The standard InChI is InChI=1S/C21H31NO4S/c1-5-6-7-8-9-13-20(25)27-15-18(23)22(14-19(24)26-4)21-16(2)11-10-12-17(21)3/h10-12H,5-9,13-15H2,1-4H3. The monoisotopic (exact) mass is 393 g/mol. The van der Waals surface area contributed by atoms with Crippen LogP contribution in [0.4, 0.5) is 5.69 Å². The van der Waals surface area contributed by atoms with E-state index in [2.05, 4.69) is 6.92 Å². The molecular formula is C21H31NO4S. The highest BCUT2D eigenvalue weighted by Crippen LogP contribution is 2.25. The van der Waals surface area contributed by atoms with E-state index in [0.717, 1.165) is 42.2 Å². The molecule has 0 heterocycles. The first-order valence-electron chi connectivity index (χ1n) is 9.49. The number of carbonyl (C=O) groups is 3. The Morgan fingerprint density at radius 1 is 1.04 bits per heavy atom. The van der Waals surface area contributed by atoms with Crippen LogP contribution in [-0.4, -0.2) is 36.4 Å². The molecule has 5 nitrogen and oxygen atoms in total. The van der Waals surface area contributed by atoms with Crippen molar-refractivity contribution in [1.29, 1.82) is 0 Å². The van der Waals surface area contributed by atoms with Gasteiger partial charge in [-0.15, -0.1) is 0 Å². The minimum atomic E-state index is -0.488. The number of esters is 1. The number of hydrogen-bond donors (Lipinski definition) is 0. The van der Waals surface area contributed by atoms with Gasteiger partial charge in [0.2, 0.25) is 5.91 Å². The largest absolute Gasteiger partial charge is 0.468 e. The fraction of sp³-hybridized carbons (Fsp3) is 0.571. The molecule has 0 N–H and O–H groups in total. The average Bonchev–Trinajstić information content (AvgIpc) is 2.64. The molecule has 1 aromatic rings. The lowest BCUT2D eigenvalue weighted by molar-refractivity contribution is -0.139. The van der Waals surface area contributed by atoms with Crippen LogP contribution in [0.3, 0.4) is 0 Å². The Morgan fingerprint density at radius 2 is 1.67 bits per heavy atom. The summed E-state index contributed by atoms with van der Waals surface area (Å²) in [5.41, 5.74) is 2.51. The molecule has 0 aromatic heterocycles. The van der Waals surface area contributed by atoms with Crippen LogP contribution in [0, 0.1) is 13.8 Å². The fourth-order valence-electron chi connectivity index (χ4n) is 2.88. The quantitative estimate of drug-likeness (QED) is 0.411. The van der Waals surface area contributed by atoms with Gasteiger partial charge in [-0.1, -0.05) is 62.6 Å². The number of aryl methyl sites for hydroxylation is 2. The Bertz CT molecular complexity index is 625. The zero-order chi connectivity index (χ0) is 20.2. The van der Waals surface area contributed by atoms with E-state index in [-0.39, 0.29) is 23.3 Å². The SMILES string of the molecule is CCCCCCCC(=O)SCC(=O)N(CC(=O)OC)c1c(C)cccc1C.